The van der Waals surface area contributed by atoms with Crippen molar-refractivity contribution in [2.45, 2.75) is 37.6 Å². The SMILES string of the molecule is N[C@@H]1CCc2ccc(C3CC3)cc21. The Kier molecular flexibility index (Phi) is 1.50. The van der Waals surface area contributed by atoms with E-state index in [0.29, 0.717) is 6.04 Å². The Hall–Kier alpha value is -0.820. The molecule has 0 bridgehead atoms. The molecule has 1 nitrogen and oxygen atoms in total. The topological polar surface area (TPSA) is 26.0 Å². The maximum atomic E-state index is 6.04. The Morgan fingerprint density at radius 1 is 1.15 bits per heavy atom. The number of hydrogen-bond acceptors (Lipinski definition) is 1. The summed E-state index contributed by atoms with van der Waals surface area (Å²) in [6, 6.07) is 7.25. The molecule has 3 rings (SSSR count). The molecular weight excluding hydrogens is 158 g/mol. The quantitative estimate of drug-likeness (QED) is 0.693. The first kappa shape index (κ1) is 7.57. The van der Waals surface area contributed by atoms with E-state index in [9.17, 15) is 0 Å². The molecule has 68 valence electrons. The highest BCUT2D eigenvalue weighted by Gasteiger charge is 2.26. The van der Waals surface area contributed by atoms with E-state index in [0.717, 1.165) is 12.3 Å². The lowest BCUT2D eigenvalue weighted by molar-refractivity contribution is 0.713. The van der Waals surface area contributed by atoms with Crippen molar-refractivity contribution in [1.29, 1.82) is 0 Å². The van der Waals surface area contributed by atoms with Crippen molar-refractivity contribution < 1.29 is 0 Å². The average molecular weight is 173 g/mol. The van der Waals surface area contributed by atoms with Gasteiger partial charge in [0.05, 0.1) is 0 Å². The van der Waals surface area contributed by atoms with Crippen LogP contribution in [0.5, 0.6) is 0 Å². The third-order valence-corrected chi connectivity index (χ3v) is 3.34. The first-order valence-electron chi connectivity index (χ1n) is 5.23. The van der Waals surface area contributed by atoms with E-state index in [2.05, 4.69) is 18.2 Å². The summed E-state index contributed by atoms with van der Waals surface area (Å²) < 4.78 is 0. The van der Waals surface area contributed by atoms with E-state index in [-0.39, 0.29) is 0 Å². The van der Waals surface area contributed by atoms with Gasteiger partial charge in [0.1, 0.15) is 0 Å². The van der Waals surface area contributed by atoms with E-state index in [4.69, 9.17) is 5.73 Å². The van der Waals surface area contributed by atoms with Gasteiger partial charge >= 0.3 is 0 Å². The van der Waals surface area contributed by atoms with Crippen molar-refractivity contribution in [3.63, 3.8) is 0 Å². The van der Waals surface area contributed by atoms with Crippen LogP contribution in [0.25, 0.3) is 0 Å². The number of hydrogen-bond donors (Lipinski definition) is 1. The molecule has 1 aromatic carbocycles. The summed E-state index contributed by atoms with van der Waals surface area (Å²) in [4.78, 5) is 0. The van der Waals surface area contributed by atoms with Gasteiger partial charge in [-0.15, -0.1) is 0 Å². The lowest BCUT2D eigenvalue weighted by Crippen LogP contribution is -2.05. The molecule has 1 atom stereocenters. The van der Waals surface area contributed by atoms with Crippen LogP contribution in [0.2, 0.25) is 0 Å². The van der Waals surface area contributed by atoms with E-state index >= 15 is 0 Å². The minimum atomic E-state index is 0.314. The third kappa shape index (κ3) is 1.19. The predicted molar refractivity (Wildman–Crippen MR) is 53.7 cm³/mol. The second kappa shape index (κ2) is 2.58. The summed E-state index contributed by atoms with van der Waals surface area (Å²) in [7, 11) is 0. The van der Waals surface area contributed by atoms with Gasteiger partial charge in [-0.05, 0) is 48.3 Å². The molecule has 0 unspecified atom stereocenters. The van der Waals surface area contributed by atoms with E-state index in [1.807, 2.05) is 0 Å². The van der Waals surface area contributed by atoms with Crippen molar-refractivity contribution in [3.05, 3.63) is 34.9 Å². The maximum Gasteiger partial charge on any atom is 0.0300 e. The van der Waals surface area contributed by atoms with Gasteiger partial charge in [0.2, 0.25) is 0 Å². The van der Waals surface area contributed by atoms with Gasteiger partial charge in [0, 0.05) is 6.04 Å². The number of benzene rings is 1. The van der Waals surface area contributed by atoms with Crippen LogP contribution in [0, 0.1) is 0 Å². The standard InChI is InChI=1S/C12H15N/c13-12-6-5-9-3-4-10(7-11(9)12)8-1-2-8/h3-4,7-8,12H,1-2,5-6,13H2/t12-/m1/s1. The molecule has 1 heteroatoms. The van der Waals surface area contributed by atoms with Crippen molar-refractivity contribution in [2.75, 3.05) is 0 Å². The maximum absolute atomic E-state index is 6.04. The Morgan fingerprint density at radius 3 is 2.77 bits per heavy atom. The normalized spacial score (nSPS) is 26.1. The molecule has 1 saturated carbocycles. The smallest absolute Gasteiger partial charge is 0.0300 e. The summed E-state index contributed by atoms with van der Waals surface area (Å²) in [5, 5.41) is 0. The molecule has 2 aliphatic carbocycles. The second-order valence-electron chi connectivity index (χ2n) is 4.38. The molecule has 0 amide bonds. The molecule has 0 heterocycles. The molecular formula is C12H15N. The summed E-state index contributed by atoms with van der Waals surface area (Å²) in [5.41, 5.74) is 10.5. The van der Waals surface area contributed by atoms with Gasteiger partial charge in [0.25, 0.3) is 0 Å². The fourth-order valence-corrected chi connectivity index (χ4v) is 2.32. The number of fused-ring (bicyclic) bond motifs is 1. The first-order chi connectivity index (χ1) is 6.34. The van der Waals surface area contributed by atoms with Gasteiger partial charge in [-0.1, -0.05) is 18.2 Å². The molecule has 2 N–H and O–H groups in total. The van der Waals surface area contributed by atoms with E-state index in [1.54, 1.807) is 0 Å². The monoisotopic (exact) mass is 173 g/mol. The minimum Gasteiger partial charge on any atom is -0.324 e. The number of rotatable bonds is 1. The zero-order valence-electron chi connectivity index (χ0n) is 7.79. The van der Waals surface area contributed by atoms with Gasteiger partial charge in [-0.25, -0.2) is 0 Å². The second-order valence-corrected chi connectivity index (χ2v) is 4.38. The predicted octanol–water partition coefficient (Wildman–Crippen LogP) is 2.51. The van der Waals surface area contributed by atoms with E-state index < -0.39 is 0 Å². The minimum absolute atomic E-state index is 0.314. The summed E-state index contributed by atoms with van der Waals surface area (Å²) in [6.07, 6.45) is 5.09. The molecule has 0 aromatic heterocycles. The third-order valence-electron chi connectivity index (χ3n) is 3.34. The summed E-state index contributed by atoms with van der Waals surface area (Å²) in [5.74, 6) is 0.859. The lowest BCUT2D eigenvalue weighted by Gasteiger charge is -2.06. The molecule has 13 heavy (non-hydrogen) atoms. The highest BCUT2D eigenvalue weighted by molar-refractivity contribution is 5.40. The van der Waals surface area contributed by atoms with Crippen LogP contribution >= 0.6 is 0 Å². The van der Waals surface area contributed by atoms with Gasteiger partial charge in [-0.2, -0.15) is 0 Å². The zero-order valence-corrected chi connectivity index (χ0v) is 7.79. The van der Waals surface area contributed by atoms with Crippen molar-refractivity contribution in [1.82, 2.24) is 0 Å². The molecule has 0 saturated heterocycles. The van der Waals surface area contributed by atoms with Crippen LogP contribution in [0.15, 0.2) is 18.2 Å². The molecule has 0 spiro atoms. The Morgan fingerprint density at radius 2 is 2.00 bits per heavy atom. The fourth-order valence-electron chi connectivity index (χ4n) is 2.32. The molecule has 0 radical (unpaired) electrons. The number of aryl methyl sites for hydroxylation is 1. The lowest BCUT2D eigenvalue weighted by atomic mass is 10.0. The fraction of sp³-hybridized carbons (Fsp3) is 0.500. The summed E-state index contributed by atoms with van der Waals surface area (Å²) >= 11 is 0. The van der Waals surface area contributed by atoms with Crippen LogP contribution in [0.4, 0.5) is 0 Å². The van der Waals surface area contributed by atoms with E-state index in [1.165, 1.54) is 36.0 Å². The van der Waals surface area contributed by atoms with Crippen LogP contribution in [0.1, 0.15) is 47.9 Å². The highest BCUT2D eigenvalue weighted by atomic mass is 14.6. The van der Waals surface area contributed by atoms with Crippen molar-refractivity contribution in [3.8, 4) is 0 Å². The Labute approximate surface area is 78.9 Å². The largest absolute Gasteiger partial charge is 0.324 e. The van der Waals surface area contributed by atoms with Crippen LogP contribution in [-0.2, 0) is 6.42 Å². The Balaban J connectivity index is 2.04. The van der Waals surface area contributed by atoms with Gasteiger partial charge < -0.3 is 5.73 Å². The molecule has 0 aliphatic heterocycles. The molecule has 1 aromatic rings. The van der Waals surface area contributed by atoms with Crippen LogP contribution in [-0.4, -0.2) is 0 Å². The van der Waals surface area contributed by atoms with Crippen LogP contribution < -0.4 is 5.73 Å². The zero-order chi connectivity index (χ0) is 8.84. The number of nitrogens with two attached hydrogens (primary N) is 1. The summed E-state index contributed by atoms with van der Waals surface area (Å²) in [6.45, 7) is 0. The van der Waals surface area contributed by atoms with Crippen LogP contribution in [0.3, 0.4) is 0 Å². The highest BCUT2D eigenvalue weighted by Crippen LogP contribution is 2.42. The first-order valence-corrected chi connectivity index (χ1v) is 5.23. The molecule has 2 aliphatic rings. The Bertz CT molecular complexity index is 339. The van der Waals surface area contributed by atoms with Crippen molar-refractivity contribution in [2.24, 2.45) is 5.73 Å². The van der Waals surface area contributed by atoms with Crippen molar-refractivity contribution >= 4 is 0 Å². The molecule has 1 fully saturated rings. The van der Waals surface area contributed by atoms with Gasteiger partial charge in [-0.3, -0.25) is 0 Å². The van der Waals surface area contributed by atoms with Gasteiger partial charge in [0.15, 0.2) is 0 Å². The average Bonchev–Trinajstić information content (AvgIpc) is 2.93.